The van der Waals surface area contributed by atoms with Crippen molar-refractivity contribution in [3.8, 4) is 11.4 Å². The molecule has 2 atom stereocenters. The number of nitrogens with zero attached hydrogens (tertiary/aromatic N) is 4. The summed E-state index contributed by atoms with van der Waals surface area (Å²) in [5.74, 6) is 1.45. The number of hydrogen-bond donors (Lipinski definition) is 2. The van der Waals surface area contributed by atoms with E-state index < -0.39 is 0 Å². The molecule has 0 amide bonds. The second-order valence-corrected chi connectivity index (χ2v) is 8.58. The third-order valence-corrected chi connectivity index (χ3v) is 6.25. The zero-order chi connectivity index (χ0) is 22.1. The average molecular weight is 451 g/mol. The van der Waals surface area contributed by atoms with E-state index in [0.717, 1.165) is 43.1 Å². The summed E-state index contributed by atoms with van der Waals surface area (Å²) in [7, 11) is 0. The smallest absolute Gasteiger partial charge is 0.225 e. The molecule has 32 heavy (non-hydrogen) atoms. The lowest BCUT2D eigenvalue weighted by Gasteiger charge is -2.16. The molecule has 8 heteroatoms. The first-order valence-corrected chi connectivity index (χ1v) is 11.2. The van der Waals surface area contributed by atoms with Gasteiger partial charge in [-0.2, -0.15) is 4.98 Å². The second-order valence-electron chi connectivity index (χ2n) is 8.17. The Balaban J connectivity index is 1.55. The third-order valence-electron chi connectivity index (χ3n) is 5.92. The van der Waals surface area contributed by atoms with E-state index in [9.17, 15) is 4.39 Å². The Morgan fingerprint density at radius 1 is 1.19 bits per heavy atom. The van der Waals surface area contributed by atoms with Gasteiger partial charge in [-0.15, -0.1) is 0 Å². The zero-order valence-corrected chi connectivity index (χ0v) is 18.5. The van der Waals surface area contributed by atoms with Gasteiger partial charge in [0.25, 0.3) is 0 Å². The van der Waals surface area contributed by atoms with Crippen molar-refractivity contribution >= 4 is 28.7 Å². The van der Waals surface area contributed by atoms with E-state index in [1.807, 2.05) is 37.3 Å². The second kappa shape index (κ2) is 8.84. The first-order chi connectivity index (χ1) is 15.6. The van der Waals surface area contributed by atoms with Crippen molar-refractivity contribution in [2.75, 3.05) is 18.4 Å². The van der Waals surface area contributed by atoms with Crippen molar-refractivity contribution in [1.82, 2.24) is 24.8 Å². The molecule has 4 aromatic rings. The van der Waals surface area contributed by atoms with Crippen LogP contribution in [0.2, 0.25) is 5.02 Å². The maximum Gasteiger partial charge on any atom is 0.225 e. The van der Waals surface area contributed by atoms with Gasteiger partial charge in [0, 0.05) is 17.7 Å². The van der Waals surface area contributed by atoms with Gasteiger partial charge < -0.3 is 15.2 Å². The van der Waals surface area contributed by atoms with E-state index >= 15 is 0 Å². The van der Waals surface area contributed by atoms with Gasteiger partial charge in [-0.1, -0.05) is 41.9 Å². The van der Waals surface area contributed by atoms with Crippen molar-refractivity contribution < 1.29 is 4.39 Å². The fourth-order valence-electron chi connectivity index (χ4n) is 4.24. The molecule has 0 unspecified atom stereocenters. The molecule has 2 aromatic heterocycles. The highest BCUT2D eigenvalue weighted by molar-refractivity contribution is 6.33. The van der Waals surface area contributed by atoms with Crippen LogP contribution in [0.5, 0.6) is 0 Å². The first kappa shape index (κ1) is 20.8. The van der Waals surface area contributed by atoms with Crippen molar-refractivity contribution in [3.05, 3.63) is 71.1 Å². The van der Waals surface area contributed by atoms with Gasteiger partial charge in [0.1, 0.15) is 17.2 Å². The SMILES string of the molecule is C[C@H](Nc1ncc2nc(-c3ccccc3Cl)n(C[C@H]3CCNC3)c2n1)c1ccccc1F. The number of imidazole rings is 1. The van der Waals surface area contributed by atoms with Crippen LogP contribution < -0.4 is 10.6 Å². The first-order valence-electron chi connectivity index (χ1n) is 10.8. The summed E-state index contributed by atoms with van der Waals surface area (Å²) in [5.41, 5.74) is 2.88. The van der Waals surface area contributed by atoms with Gasteiger partial charge in [-0.05, 0) is 50.6 Å². The van der Waals surface area contributed by atoms with Crippen LogP contribution in [0.25, 0.3) is 22.6 Å². The number of halogens is 2. The molecule has 3 heterocycles. The molecule has 1 saturated heterocycles. The number of hydrogen-bond acceptors (Lipinski definition) is 5. The highest BCUT2D eigenvalue weighted by atomic mass is 35.5. The molecule has 2 aromatic carbocycles. The van der Waals surface area contributed by atoms with Gasteiger partial charge in [-0.25, -0.2) is 14.4 Å². The number of benzene rings is 2. The molecule has 0 aliphatic carbocycles. The maximum atomic E-state index is 14.2. The van der Waals surface area contributed by atoms with Crippen molar-refractivity contribution in [3.63, 3.8) is 0 Å². The molecule has 164 valence electrons. The lowest BCUT2D eigenvalue weighted by atomic mass is 10.1. The van der Waals surface area contributed by atoms with E-state index in [4.69, 9.17) is 21.6 Å². The molecular weight excluding hydrogens is 427 g/mol. The topological polar surface area (TPSA) is 67.7 Å². The van der Waals surface area contributed by atoms with Gasteiger partial charge in [0.2, 0.25) is 5.95 Å². The number of rotatable bonds is 6. The largest absolute Gasteiger partial charge is 0.348 e. The van der Waals surface area contributed by atoms with Crippen molar-refractivity contribution in [2.45, 2.75) is 25.9 Å². The van der Waals surface area contributed by atoms with E-state index in [2.05, 4.69) is 20.2 Å². The Hall–Kier alpha value is -3.03. The minimum absolute atomic E-state index is 0.256. The summed E-state index contributed by atoms with van der Waals surface area (Å²) in [6.07, 6.45) is 2.81. The summed E-state index contributed by atoms with van der Waals surface area (Å²) >= 11 is 6.51. The Kier molecular flexibility index (Phi) is 5.76. The molecule has 0 bridgehead atoms. The Labute approximate surface area is 190 Å². The highest BCUT2D eigenvalue weighted by Crippen LogP contribution is 2.31. The number of aromatic nitrogens is 4. The predicted molar refractivity (Wildman–Crippen MR) is 125 cm³/mol. The van der Waals surface area contributed by atoms with E-state index in [1.54, 1.807) is 18.3 Å². The maximum absolute atomic E-state index is 14.2. The van der Waals surface area contributed by atoms with Crippen LogP contribution in [0.15, 0.2) is 54.7 Å². The monoisotopic (exact) mass is 450 g/mol. The molecule has 0 spiro atoms. The van der Waals surface area contributed by atoms with Crippen LogP contribution in [-0.4, -0.2) is 32.6 Å². The summed E-state index contributed by atoms with van der Waals surface area (Å²) in [4.78, 5) is 14.0. The molecular formula is C24H24ClFN6. The van der Waals surface area contributed by atoms with Gasteiger partial charge in [0.15, 0.2) is 5.65 Å². The van der Waals surface area contributed by atoms with Crippen LogP contribution >= 0.6 is 11.6 Å². The van der Waals surface area contributed by atoms with Crippen LogP contribution in [-0.2, 0) is 6.54 Å². The van der Waals surface area contributed by atoms with Crippen LogP contribution in [0, 0.1) is 11.7 Å². The molecule has 2 N–H and O–H groups in total. The minimum atomic E-state index is -0.285. The third kappa shape index (κ3) is 4.06. The summed E-state index contributed by atoms with van der Waals surface area (Å²) < 4.78 is 16.3. The lowest BCUT2D eigenvalue weighted by Crippen LogP contribution is -2.16. The fourth-order valence-corrected chi connectivity index (χ4v) is 4.46. The van der Waals surface area contributed by atoms with Crippen molar-refractivity contribution in [1.29, 1.82) is 0 Å². The molecule has 0 radical (unpaired) electrons. The predicted octanol–water partition coefficient (Wildman–Crippen LogP) is 5.07. The van der Waals surface area contributed by atoms with E-state index in [1.165, 1.54) is 6.07 Å². The van der Waals surface area contributed by atoms with Crippen LogP contribution in [0.4, 0.5) is 10.3 Å². The van der Waals surface area contributed by atoms with Crippen molar-refractivity contribution in [2.24, 2.45) is 5.92 Å². The summed E-state index contributed by atoms with van der Waals surface area (Å²) in [5, 5.41) is 7.30. The van der Waals surface area contributed by atoms with Gasteiger partial charge in [0.05, 0.1) is 17.3 Å². The molecule has 1 aliphatic rings. The van der Waals surface area contributed by atoms with Gasteiger partial charge >= 0.3 is 0 Å². The lowest BCUT2D eigenvalue weighted by molar-refractivity contribution is 0.490. The number of anilines is 1. The molecule has 0 saturated carbocycles. The Bertz CT molecular complexity index is 1250. The van der Waals surface area contributed by atoms with Crippen LogP contribution in [0.3, 0.4) is 0 Å². The molecule has 5 rings (SSSR count). The molecule has 6 nitrogen and oxygen atoms in total. The summed E-state index contributed by atoms with van der Waals surface area (Å²) in [6, 6.07) is 14.1. The average Bonchev–Trinajstić information content (AvgIpc) is 3.43. The highest BCUT2D eigenvalue weighted by Gasteiger charge is 2.22. The summed E-state index contributed by atoms with van der Waals surface area (Å²) in [6.45, 7) is 4.65. The zero-order valence-electron chi connectivity index (χ0n) is 17.7. The molecule has 1 aliphatic heterocycles. The Morgan fingerprint density at radius 2 is 2.00 bits per heavy atom. The Morgan fingerprint density at radius 3 is 2.78 bits per heavy atom. The van der Waals surface area contributed by atoms with Crippen LogP contribution in [0.1, 0.15) is 24.9 Å². The van der Waals surface area contributed by atoms with E-state index in [-0.39, 0.29) is 11.9 Å². The van der Waals surface area contributed by atoms with Gasteiger partial charge in [-0.3, -0.25) is 0 Å². The number of nitrogens with one attached hydrogen (secondary N) is 2. The minimum Gasteiger partial charge on any atom is -0.348 e. The standard InChI is InChI=1S/C24H24ClFN6/c1-15(17-6-3-5-9-20(17)26)29-24-28-13-21-23(31-24)32(14-16-10-11-27-12-16)22(30-21)18-7-2-4-8-19(18)25/h2-9,13,15-16,27H,10-12,14H2,1H3,(H,28,29,31)/t15-,16-/m0/s1. The molecule has 1 fully saturated rings. The number of fused-ring (bicyclic) bond motifs is 1. The van der Waals surface area contributed by atoms with E-state index in [0.29, 0.717) is 28.0 Å². The fraction of sp³-hybridized carbons (Fsp3) is 0.292. The quantitative estimate of drug-likeness (QED) is 0.429. The normalized spacial score (nSPS) is 17.0.